The SMILES string of the molecule is CC[C@@H](NS(=O)(=O)c1ccc(Cl)c(C(F)(F)F)c1)C(=O)O. The van der Waals surface area contributed by atoms with Crippen molar-refractivity contribution in [2.24, 2.45) is 0 Å². The Morgan fingerprint density at radius 1 is 1.43 bits per heavy atom. The lowest BCUT2D eigenvalue weighted by Crippen LogP contribution is -2.40. The molecule has 0 fully saturated rings. The topological polar surface area (TPSA) is 83.5 Å². The fourth-order valence-corrected chi connectivity index (χ4v) is 2.98. The molecule has 0 aliphatic heterocycles. The van der Waals surface area contributed by atoms with Crippen molar-refractivity contribution in [3.8, 4) is 0 Å². The molecule has 2 N–H and O–H groups in total. The molecule has 1 atom stereocenters. The standard InChI is InChI=1S/C11H11ClF3NO4S/c1-2-9(10(17)18)16-21(19,20)6-3-4-8(12)7(5-6)11(13,14)15/h3-5,9,16H,2H2,1H3,(H,17,18)/t9-/m1/s1. The first-order chi connectivity index (χ1) is 9.49. The van der Waals surface area contributed by atoms with Gasteiger partial charge in [0.25, 0.3) is 0 Å². The van der Waals surface area contributed by atoms with Crippen LogP contribution in [0.5, 0.6) is 0 Å². The second-order valence-corrected chi connectivity index (χ2v) is 6.18. The van der Waals surface area contributed by atoms with Gasteiger partial charge in [-0.15, -0.1) is 0 Å². The number of carboxylic acid groups (broad SMARTS) is 1. The number of hydrogen-bond donors (Lipinski definition) is 2. The zero-order valence-corrected chi connectivity index (χ0v) is 12.2. The Bertz CT molecular complexity index is 645. The average Bonchev–Trinajstić information content (AvgIpc) is 2.34. The van der Waals surface area contributed by atoms with Gasteiger partial charge in [0, 0.05) is 0 Å². The van der Waals surface area contributed by atoms with Crippen LogP contribution in [0.25, 0.3) is 0 Å². The van der Waals surface area contributed by atoms with Gasteiger partial charge >= 0.3 is 12.1 Å². The summed E-state index contributed by atoms with van der Waals surface area (Å²) >= 11 is 5.39. The Balaban J connectivity index is 3.24. The van der Waals surface area contributed by atoms with Crippen LogP contribution in [-0.2, 0) is 21.0 Å². The van der Waals surface area contributed by atoms with Gasteiger partial charge in [0.1, 0.15) is 6.04 Å². The number of hydrogen-bond acceptors (Lipinski definition) is 3. The normalized spacial score (nSPS) is 14.0. The first-order valence-electron chi connectivity index (χ1n) is 5.61. The maximum atomic E-state index is 12.7. The molecule has 0 aliphatic carbocycles. The Kier molecular flexibility index (Phi) is 5.24. The number of sulfonamides is 1. The number of rotatable bonds is 5. The smallest absolute Gasteiger partial charge is 0.417 e. The minimum atomic E-state index is -4.82. The highest BCUT2D eigenvalue weighted by atomic mass is 35.5. The summed E-state index contributed by atoms with van der Waals surface area (Å²) in [7, 11) is -4.41. The highest BCUT2D eigenvalue weighted by Crippen LogP contribution is 2.35. The van der Waals surface area contributed by atoms with Crippen LogP contribution in [0, 0.1) is 0 Å². The predicted molar refractivity (Wildman–Crippen MR) is 68.5 cm³/mol. The van der Waals surface area contributed by atoms with Crippen molar-refractivity contribution in [1.29, 1.82) is 0 Å². The van der Waals surface area contributed by atoms with Crippen LogP contribution in [0.15, 0.2) is 23.1 Å². The van der Waals surface area contributed by atoms with Gasteiger partial charge in [-0.25, -0.2) is 8.42 Å². The number of carboxylic acids is 1. The third-order valence-electron chi connectivity index (χ3n) is 2.56. The minimum absolute atomic E-state index is 0.0612. The highest BCUT2D eigenvalue weighted by Gasteiger charge is 2.35. The van der Waals surface area contributed by atoms with Crippen molar-refractivity contribution in [2.45, 2.75) is 30.5 Å². The molecular formula is C11H11ClF3NO4S. The van der Waals surface area contributed by atoms with Crippen LogP contribution in [0.3, 0.4) is 0 Å². The van der Waals surface area contributed by atoms with Crippen molar-refractivity contribution >= 4 is 27.6 Å². The lowest BCUT2D eigenvalue weighted by molar-refractivity contribution is -0.139. The third-order valence-corrected chi connectivity index (χ3v) is 4.36. The number of nitrogens with one attached hydrogen (secondary N) is 1. The summed E-state index contributed by atoms with van der Waals surface area (Å²) in [6, 6.07) is 0.592. The summed E-state index contributed by atoms with van der Waals surface area (Å²) in [5.74, 6) is -1.42. The molecule has 10 heteroatoms. The van der Waals surface area contributed by atoms with Crippen LogP contribution >= 0.6 is 11.6 Å². The molecule has 0 heterocycles. The van der Waals surface area contributed by atoms with Gasteiger partial charge in [-0.2, -0.15) is 17.9 Å². The molecule has 0 spiro atoms. The second-order valence-electron chi connectivity index (χ2n) is 4.06. The van der Waals surface area contributed by atoms with Gasteiger partial charge < -0.3 is 5.11 Å². The van der Waals surface area contributed by atoms with Crippen LogP contribution in [-0.4, -0.2) is 25.5 Å². The summed E-state index contributed by atoms with van der Waals surface area (Å²) < 4.78 is 63.7. The molecule has 0 radical (unpaired) electrons. The zero-order chi connectivity index (χ0) is 16.4. The Hall–Kier alpha value is -1.32. The monoisotopic (exact) mass is 345 g/mol. The lowest BCUT2D eigenvalue weighted by atomic mass is 10.2. The van der Waals surface area contributed by atoms with E-state index < -0.39 is 43.7 Å². The van der Waals surface area contributed by atoms with E-state index in [-0.39, 0.29) is 6.42 Å². The molecule has 0 unspecified atom stereocenters. The number of alkyl halides is 3. The van der Waals surface area contributed by atoms with Crippen molar-refractivity contribution in [3.05, 3.63) is 28.8 Å². The Morgan fingerprint density at radius 3 is 2.43 bits per heavy atom. The quantitative estimate of drug-likeness (QED) is 0.859. The van der Waals surface area contributed by atoms with Crippen molar-refractivity contribution in [1.82, 2.24) is 4.72 Å². The fraction of sp³-hybridized carbons (Fsp3) is 0.364. The van der Waals surface area contributed by atoms with E-state index in [9.17, 15) is 26.4 Å². The van der Waals surface area contributed by atoms with Crippen molar-refractivity contribution in [2.75, 3.05) is 0 Å². The molecule has 1 aromatic rings. The van der Waals surface area contributed by atoms with E-state index in [1.165, 1.54) is 6.92 Å². The molecule has 118 valence electrons. The number of benzene rings is 1. The maximum absolute atomic E-state index is 12.7. The second kappa shape index (κ2) is 6.20. The lowest BCUT2D eigenvalue weighted by Gasteiger charge is -2.15. The molecule has 21 heavy (non-hydrogen) atoms. The molecule has 0 amide bonds. The van der Waals surface area contributed by atoms with E-state index in [1.807, 2.05) is 4.72 Å². The minimum Gasteiger partial charge on any atom is -0.480 e. The molecule has 1 rings (SSSR count). The molecule has 0 bridgehead atoms. The predicted octanol–water partition coefficient (Wildman–Crippen LogP) is 2.50. The van der Waals surface area contributed by atoms with Gasteiger partial charge in [0.15, 0.2) is 0 Å². The summed E-state index contributed by atoms with van der Waals surface area (Å²) in [6.45, 7) is 1.42. The summed E-state index contributed by atoms with van der Waals surface area (Å²) in [6.07, 6.45) is -4.88. The summed E-state index contributed by atoms with van der Waals surface area (Å²) in [4.78, 5) is 10.1. The van der Waals surface area contributed by atoms with Crippen LogP contribution in [0.4, 0.5) is 13.2 Å². The van der Waals surface area contributed by atoms with E-state index in [2.05, 4.69) is 0 Å². The molecule has 0 saturated heterocycles. The molecular weight excluding hydrogens is 335 g/mol. The maximum Gasteiger partial charge on any atom is 0.417 e. The van der Waals surface area contributed by atoms with E-state index >= 15 is 0 Å². The number of carbonyl (C=O) groups is 1. The van der Waals surface area contributed by atoms with E-state index in [4.69, 9.17) is 16.7 Å². The van der Waals surface area contributed by atoms with E-state index in [1.54, 1.807) is 0 Å². The molecule has 0 aromatic heterocycles. The number of halogens is 4. The van der Waals surface area contributed by atoms with Gasteiger partial charge in [0.2, 0.25) is 10.0 Å². The van der Waals surface area contributed by atoms with Crippen LogP contribution in [0.1, 0.15) is 18.9 Å². The van der Waals surface area contributed by atoms with E-state index in [0.717, 1.165) is 12.1 Å². The first kappa shape index (κ1) is 17.7. The molecule has 5 nitrogen and oxygen atoms in total. The zero-order valence-electron chi connectivity index (χ0n) is 10.6. The van der Waals surface area contributed by atoms with Crippen LogP contribution < -0.4 is 4.72 Å². The Labute approximate surface area is 123 Å². The summed E-state index contributed by atoms with van der Waals surface area (Å²) in [5, 5.41) is 8.14. The summed E-state index contributed by atoms with van der Waals surface area (Å²) in [5.41, 5.74) is -1.31. The van der Waals surface area contributed by atoms with E-state index in [0.29, 0.717) is 6.07 Å². The van der Waals surface area contributed by atoms with Gasteiger partial charge in [-0.05, 0) is 24.6 Å². The van der Waals surface area contributed by atoms with Crippen molar-refractivity contribution < 1.29 is 31.5 Å². The number of aliphatic carboxylic acids is 1. The molecule has 1 aromatic carbocycles. The van der Waals surface area contributed by atoms with Gasteiger partial charge in [-0.3, -0.25) is 4.79 Å². The van der Waals surface area contributed by atoms with Crippen LogP contribution in [0.2, 0.25) is 5.02 Å². The Morgan fingerprint density at radius 2 is 2.00 bits per heavy atom. The largest absolute Gasteiger partial charge is 0.480 e. The average molecular weight is 346 g/mol. The fourth-order valence-electron chi connectivity index (χ4n) is 1.45. The van der Waals surface area contributed by atoms with Gasteiger partial charge in [-0.1, -0.05) is 18.5 Å². The third kappa shape index (κ3) is 4.32. The highest BCUT2D eigenvalue weighted by molar-refractivity contribution is 7.89. The van der Waals surface area contributed by atoms with Crippen molar-refractivity contribution in [3.63, 3.8) is 0 Å². The molecule has 0 saturated carbocycles. The van der Waals surface area contributed by atoms with Gasteiger partial charge in [0.05, 0.1) is 15.5 Å². The molecule has 0 aliphatic rings. The first-order valence-corrected chi connectivity index (χ1v) is 7.47.